The first-order valence-corrected chi connectivity index (χ1v) is 9.96. The van der Waals surface area contributed by atoms with Crippen molar-refractivity contribution < 1.29 is 9.94 Å². The summed E-state index contributed by atoms with van der Waals surface area (Å²) in [6.07, 6.45) is 1.60. The number of rotatable bonds is 6. The van der Waals surface area contributed by atoms with Crippen LogP contribution in [0, 0.1) is 6.92 Å². The Bertz CT molecular complexity index is 950. The van der Waals surface area contributed by atoms with E-state index in [0.717, 1.165) is 35.6 Å². The van der Waals surface area contributed by atoms with Crippen molar-refractivity contribution in [3.8, 4) is 5.75 Å². The predicted octanol–water partition coefficient (Wildman–Crippen LogP) is 3.58. The number of para-hydroxylation sites is 1. The van der Waals surface area contributed by atoms with Gasteiger partial charge in [0.05, 0.1) is 18.8 Å². The van der Waals surface area contributed by atoms with Crippen molar-refractivity contribution >= 4 is 11.7 Å². The molecule has 0 amide bonds. The highest BCUT2D eigenvalue weighted by Crippen LogP contribution is 2.36. The third kappa shape index (κ3) is 4.49. The summed E-state index contributed by atoms with van der Waals surface area (Å²) in [5.41, 5.74) is 7.77. The first-order chi connectivity index (χ1) is 14.2. The molecule has 2 aromatic carbocycles. The number of nitrogens with zero attached hydrogens (tertiary/aromatic N) is 2. The molecule has 1 atom stereocenters. The van der Waals surface area contributed by atoms with E-state index in [4.69, 9.17) is 9.73 Å². The number of allylic oxidation sites excluding steroid dienone is 1. The minimum atomic E-state index is 0.286. The lowest BCUT2D eigenvalue weighted by Gasteiger charge is -2.30. The fourth-order valence-electron chi connectivity index (χ4n) is 3.91. The zero-order valence-corrected chi connectivity index (χ0v) is 16.6. The summed E-state index contributed by atoms with van der Waals surface area (Å²) in [7, 11) is 0. The van der Waals surface area contributed by atoms with Gasteiger partial charge in [-0.1, -0.05) is 42.5 Å². The molecule has 0 bridgehead atoms. The fraction of sp³-hybridized carbons (Fsp3) is 0.304. The molecular weight excluding hydrogens is 364 g/mol. The van der Waals surface area contributed by atoms with Crippen molar-refractivity contribution in [2.75, 3.05) is 19.7 Å². The van der Waals surface area contributed by atoms with Gasteiger partial charge < -0.3 is 10.1 Å². The molecule has 1 heterocycles. The molecule has 1 unspecified atom stereocenters. The highest BCUT2D eigenvalue weighted by molar-refractivity contribution is 6.10. The summed E-state index contributed by atoms with van der Waals surface area (Å²) in [6.45, 7) is 3.80. The van der Waals surface area contributed by atoms with Gasteiger partial charge in [-0.05, 0) is 48.9 Å². The van der Waals surface area contributed by atoms with E-state index in [9.17, 15) is 5.21 Å². The minimum absolute atomic E-state index is 0.286. The van der Waals surface area contributed by atoms with Crippen LogP contribution in [-0.2, 0) is 0 Å². The predicted molar refractivity (Wildman–Crippen MR) is 115 cm³/mol. The highest BCUT2D eigenvalue weighted by Gasteiger charge is 2.29. The van der Waals surface area contributed by atoms with E-state index in [0.29, 0.717) is 25.7 Å². The Morgan fingerprint density at radius 1 is 1.07 bits per heavy atom. The van der Waals surface area contributed by atoms with E-state index in [1.165, 1.54) is 11.1 Å². The highest BCUT2D eigenvalue weighted by atomic mass is 16.5. The quantitative estimate of drug-likeness (QED) is 0.520. The molecule has 0 fully saturated rings. The average Bonchev–Trinajstić information content (AvgIpc) is 2.77. The molecule has 2 aliphatic rings. The lowest BCUT2D eigenvalue weighted by Crippen LogP contribution is -2.34. The van der Waals surface area contributed by atoms with Crippen molar-refractivity contribution in [2.45, 2.75) is 25.7 Å². The summed E-state index contributed by atoms with van der Waals surface area (Å²) < 4.78 is 5.71. The van der Waals surface area contributed by atoms with E-state index in [2.05, 4.69) is 47.0 Å². The van der Waals surface area contributed by atoms with E-state index in [-0.39, 0.29) is 5.92 Å². The molecular formula is C23H26N4O2. The molecule has 3 N–H and O–H groups in total. The maximum absolute atomic E-state index is 9.67. The Morgan fingerprint density at radius 3 is 2.66 bits per heavy atom. The number of hydrogen-bond donors (Lipinski definition) is 3. The summed E-state index contributed by atoms with van der Waals surface area (Å²) in [4.78, 5) is 9.27. The molecule has 0 saturated carbocycles. The molecule has 1 aliphatic carbocycles. The van der Waals surface area contributed by atoms with Crippen LogP contribution >= 0.6 is 0 Å². The van der Waals surface area contributed by atoms with E-state index >= 15 is 0 Å². The monoisotopic (exact) mass is 390 g/mol. The zero-order valence-electron chi connectivity index (χ0n) is 16.6. The van der Waals surface area contributed by atoms with Crippen molar-refractivity contribution in [1.82, 2.24) is 10.8 Å². The Labute approximate surface area is 171 Å². The largest absolute Gasteiger partial charge is 0.492 e. The molecule has 0 aromatic heterocycles. The zero-order chi connectivity index (χ0) is 20.1. The van der Waals surface area contributed by atoms with Crippen LogP contribution in [0.25, 0.3) is 0 Å². The molecule has 0 radical (unpaired) electrons. The second-order valence-corrected chi connectivity index (χ2v) is 7.32. The number of fused-ring (bicyclic) bond motifs is 1. The van der Waals surface area contributed by atoms with Gasteiger partial charge in [0.15, 0.2) is 0 Å². The van der Waals surface area contributed by atoms with Crippen LogP contribution in [0.4, 0.5) is 0 Å². The molecule has 6 heteroatoms. The van der Waals surface area contributed by atoms with Gasteiger partial charge in [-0.15, -0.1) is 0 Å². The van der Waals surface area contributed by atoms with Gasteiger partial charge in [0.25, 0.3) is 0 Å². The molecule has 150 valence electrons. The van der Waals surface area contributed by atoms with Gasteiger partial charge >= 0.3 is 0 Å². The Hall–Kier alpha value is -3.12. The maximum Gasteiger partial charge on any atom is 0.218 e. The summed E-state index contributed by atoms with van der Waals surface area (Å²) in [6, 6.07) is 18.2. The van der Waals surface area contributed by atoms with E-state index in [1.807, 2.05) is 30.3 Å². The number of hydroxylamine groups is 1. The lowest BCUT2D eigenvalue weighted by molar-refractivity contribution is 0.192. The average molecular weight is 390 g/mol. The lowest BCUT2D eigenvalue weighted by atomic mass is 9.80. The first-order valence-electron chi connectivity index (χ1n) is 9.96. The third-order valence-corrected chi connectivity index (χ3v) is 5.39. The number of ether oxygens (including phenoxy) is 1. The molecule has 1 aliphatic heterocycles. The van der Waals surface area contributed by atoms with Crippen LogP contribution in [0.15, 0.2) is 75.9 Å². The van der Waals surface area contributed by atoms with Gasteiger partial charge in [-0.3, -0.25) is 10.7 Å². The van der Waals surface area contributed by atoms with Gasteiger partial charge in [-0.2, -0.15) is 0 Å². The first kappa shape index (κ1) is 19.2. The molecule has 4 rings (SSSR count). The van der Waals surface area contributed by atoms with Crippen molar-refractivity contribution in [3.05, 3.63) is 77.0 Å². The SMILES string of the molecule is Cc1ccccc1C1CC2=NC(NCCOc3ccccc3)=NCC2=C(NO)C1. The summed E-state index contributed by atoms with van der Waals surface area (Å²) in [5, 5.41) is 12.9. The number of guanidine groups is 1. The Balaban J connectivity index is 1.42. The van der Waals surface area contributed by atoms with Crippen LogP contribution in [0.2, 0.25) is 0 Å². The third-order valence-electron chi connectivity index (χ3n) is 5.39. The fourth-order valence-corrected chi connectivity index (χ4v) is 3.91. The molecule has 29 heavy (non-hydrogen) atoms. The van der Waals surface area contributed by atoms with Crippen LogP contribution < -0.4 is 15.5 Å². The molecule has 0 saturated heterocycles. The number of aryl methyl sites for hydroxylation is 1. The Kier molecular flexibility index (Phi) is 5.91. The van der Waals surface area contributed by atoms with Crippen molar-refractivity contribution in [1.29, 1.82) is 0 Å². The van der Waals surface area contributed by atoms with Crippen LogP contribution in [0.1, 0.15) is 29.9 Å². The second-order valence-electron chi connectivity index (χ2n) is 7.32. The number of benzene rings is 2. The topological polar surface area (TPSA) is 78.2 Å². The van der Waals surface area contributed by atoms with E-state index in [1.54, 1.807) is 0 Å². The van der Waals surface area contributed by atoms with Crippen molar-refractivity contribution in [3.63, 3.8) is 0 Å². The van der Waals surface area contributed by atoms with Gasteiger partial charge in [0.2, 0.25) is 5.96 Å². The van der Waals surface area contributed by atoms with Gasteiger partial charge in [-0.25, -0.2) is 9.98 Å². The maximum atomic E-state index is 9.67. The molecule has 6 nitrogen and oxygen atoms in total. The minimum Gasteiger partial charge on any atom is -0.492 e. The van der Waals surface area contributed by atoms with Gasteiger partial charge in [0.1, 0.15) is 12.4 Å². The normalized spacial score (nSPS) is 18.5. The van der Waals surface area contributed by atoms with E-state index < -0.39 is 0 Å². The number of aliphatic imine (C=N–C) groups is 2. The Morgan fingerprint density at radius 2 is 1.86 bits per heavy atom. The van der Waals surface area contributed by atoms with Crippen LogP contribution in [0.3, 0.4) is 0 Å². The van der Waals surface area contributed by atoms with Gasteiger partial charge in [0, 0.05) is 11.3 Å². The summed E-state index contributed by atoms with van der Waals surface area (Å²) >= 11 is 0. The standard InChI is InChI=1S/C23H26N4O2/c1-16-7-5-6-10-19(16)17-13-21-20(22(14-17)27-28)15-25-23(26-21)24-11-12-29-18-8-3-2-4-9-18/h2-10,17,27-28H,11-15H2,1H3,(H,24,25). The van der Waals surface area contributed by atoms with Crippen LogP contribution in [-0.4, -0.2) is 36.6 Å². The number of hydrogen-bond acceptors (Lipinski definition) is 6. The number of nitrogens with one attached hydrogen (secondary N) is 2. The van der Waals surface area contributed by atoms with Crippen molar-refractivity contribution in [2.24, 2.45) is 9.98 Å². The smallest absolute Gasteiger partial charge is 0.218 e. The molecule has 2 aromatic rings. The second kappa shape index (κ2) is 8.92. The summed E-state index contributed by atoms with van der Waals surface area (Å²) in [5.74, 6) is 1.76. The van der Waals surface area contributed by atoms with Crippen LogP contribution in [0.5, 0.6) is 5.75 Å². The molecule has 0 spiro atoms.